The average Bonchev–Trinajstić information content (AvgIpc) is 3.42. The van der Waals surface area contributed by atoms with Gasteiger partial charge in [-0.15, -0.1) is 0 Å². The third-order valence-electron chi connectivity index (χ3n) is 11.5. The summed E-state index contributed by atoms with van der Waals surface area (Å²) in [6.07, 6.45) is 13.5. The summed E-state index contributed by atoms with van der Waals surface area (Å²) >= 11 is 0. The maximum Gasteiger partial charge on any atom is 0.481 e. The highest BCUT2D eigenvalue weighted by Crippen LogP contribution is 2.65. The standard InChI is InChI=1S/C39H73BN6O6/c1-27(2)24-32(40-51-31-26-28-25-30(38(28,6)7)39(31,8)52-40)46-34(48)29(20-19-23-43-35(41)42-9)45-33(47)21-17-15-13-11-10-12-14-16-18-22-44-36(49)50-37(3,4)5/h27-32H,10-26H2,1-9H3,(H,44,49)(H,45,47)(H,46,48)(H3,41,42,43)/t28-,29-,30-,31+,32-,39-/m0/s1. The number of guanidine groups is 1. The number of rotatable bonds is 22. The summed E-state index contributed by atoms with van der Waals surface area (Å²) in [6, 6.07) is -0.682. The first kappa shape index (κ1) is 43.9. The molecule has 0 aromatic carbocycles. The molecule has 4 fully saturated rings. The number of nitrogens with one attached hydrogen (secondary N) is 6. The molecule has 2 bridgehead atoms. The molecule has 0 aromatic rings. The molecule has 3 aliphatic carbocycles. The van der Waals surface area contributed by atoms with Gasteiger partial charge in [-0.3, -0.25) is 15.0 Å². The number of hydrogen-bond acceptors (Lipinski definition) is 7. The Bertz CT molecular complexity index is 1160. The van der Waals surface area contributed by atoms with Gasteiger partial charge < -0.3 is 40.6 Å². The van der Waals surface area contributed by atoms with Crippen LogP contribution in [0.4, 0.5) is 4.79 Å². The topological polar surface area (TPSA) is 163 Å². The molecule has 1 heterocycles. The quantitative estimate of drug-likeness (QED) is 0.0331. The van der Waals surface area contributed by atoms with Gasteiger partial charge in [0.2, 0.25) is 11.8 Å². The van der Waals surface area contributed by atoms with Gasteiger partial charge >= 0.3 is 13.2 Å². The fourth-order valence-electron chi connectivity index (χ4n) is 8.40. The van der Waals surface area contributed by atoms with Gasteiger partial charge in [0.15, 0.2) is 5.96 Å². The van der Waals surface area contributed by atoms with Crippen molar-refractivity contribution in [2.45, 2.75) is 181 Å². The smallest absolute Gasteiger partial charge is 0.444 e. The lowest BCUT2D eigenvalue weighted by atomic mass is 9.43. The third-order valence-corrected chi connectivity index (χ3v) is 11.5. The minimum atomic E-state index is -0.682. The van der Waals surface area contributed by atoms with Crippen LogP contribution in [0.15, 0.2) is 0 Å². The second-order valence-electron chi connectivity index (χ2n) is 17.8. The predicted octanol–water partition coefficient (Wildman–Crippen LogP) is 6.22. The Balaban J connectivity index is 1.41. The molecule has 0 unspecified atom stereocenters. The molecular formula is C39H73BN6O6. The summed E-state index contributed by atoms with van der Waals surface area (Å²) in [5.41, 5.74) is -0.599. The summed E-state index contributed by atoms with van der Waals surface area (Å²) in [7, 11) is 1.16. The van der Waals surface area contributed by atoms with Gasteiger partial charge in [-0.05, 0) is 95.8 Å². The van der Waals surface area contributed by atoms with Crippen LogP contribution in [0.25, 0.3) is 0 Å². The van der Waals surface area contributed by atoms with Crippen molar-refractivity contribution in [2.75, 3.05) is 20.1 Å². The second-order valence-corrected chi connectivity index (χ2v) is 17.8. The fraction of sp³-hybridized carbons (Fsp3) is 0.897. The van der Waals surface area contributed by atoms with E-state index in [1.165, 1.54) is 12.8 Å². The van der Waals surface area contributed by atoms with E-state index >= 15 is 0 Å². The predicted molar refractivity (Wildman–Crippen MR) is 208 cm³/mol. The van der Waals surface area contributed by atoms with Crippen molar-refractivity contribution in [3.8, 4) is 0 Å². The molecule has 6 N–H and O–H groups in total. The van der Waals surface area contributed by atoms with Gasteiger partial charge in [0.05, 0.1) is 17.6 Å². The van der Waals surface area contributed by atoms with Crippen molar-refractivity contribution < 1.29 is 28.4 Å². The van der Waals surface area contributed by atoms with Crippen molar-refractivity contribution >= 4 is 31.0 Å². The van der Waals surface area contributed by atoms with E-state index in [0.29, 0.717) is 56.5 Å². The van der Waals surface area contributed by atoms with Crippen LogP contribution in [0.3, 0.4) is 0 Å². The number of carbonyl (C=O) groups is 3. The van der Waals surface area contributed by atoms with Gasteiger partial charge in [-0.2, -0.15) is 0 Å². The van der Waals surface area contributed by atoms with Gasteiger partial charge in [0, 0.05) is 26.6 Å². The number of amides is 3. The molecule has 0 spiro atoms. The van der Waals surface area contributed by atoms with E-state index in [-0.39, 0.29) is 46.9 Å². The third kappa shape index (κ3) is 13.4. The molecule has 298 valence electrons. The van der Waals surface area contributed by atoms with Gasteiger partial charge in [0.25, 0.3) is 0 Å². The van der Waals surface area contributed by atoms with Crippen LogP contribution in [0, 0.1) is 28.6 Å². The van der Waals surface area contributed by atoms with E-state index in [0.717, 1.165) is 57.8 Å². The number of unbranched alkanes of at least 4 members (excludes halogenated alkanes) is 8. The Morgan fingerprint density at radius 3 is 2.10 bits per heavy atom. The number of hydrogen-bond donors (Lipinski definition) is 6. The maximum absolute atomic E-state index is 13.9. The minimum Gasteiger partial charge on any atom is -0.444 e. The second kappa shape index (κ2) is 20.2. The van der Waals surface area contributed by atoms with E-state index in [1.54, 1.807) is 7.05 Å². The van der Waals surface area contributed by atoms with Crippen molar-refractivity contribution in [2.24, 2.45) is 23.2 Å². The molecule has 0 radical (unpaired) electrons. The van der Waals surface area contributed by atoms with Crippen LogP contribution < -0.4 is 26.6 Å². The number of carbonyl (C=O) groups excluding carboxylic acids is 3. The summed E-state index contributed by atoms with van der Waals surface area (Å²) in [5.74, 6) is 0.985. The highest BCUT2D eigenvalue weighted by molar-refractivity contribution is 6.48. The van der Waals surface area contributed by atoms with Gasteiger partial charge in [0.1, 0.15) is 11.6 Å². The van der Waals surface area contributed by atoms with Crippen LogP contribution in [-0.2, 0) is 23.6 Å². The fourth-order valence-corrected chi connectivity index (χ4v) is 8.40. The molecule has 4 aliphatic rings. The van der Waals surface area contributed by atoms with E-state index in [2.05, 4.69) is 61.2 Å². The van der Waals surface area contributed by atoms with Crippen molar-refractivity contribution in [3.63, 3.8) is 0 Å². The van der Waals surface area contributed by atoms with Crippen LogP contribution in [0.2, 0.25) is 0 Å². The van der Waals surface area contributed by atoms with Crippen LogP contribution in [0.5, 0.6) is 0 Å². The molecule has 1 aliphatic heterocycles. The van der Waals surface area contributed by atoms with Crippen molar-refractivity contribution in [3.05, 3.63) is 0 Å². The Labute approximate surface area is 315 Å². The van der Waals surface area contributed by atoms with E-state index < -0.39 is 18.8 Å². The molecular weight excluding hydrogens is 659 g/mol. The van der Waals surface area contributed by atoms with Gasteiger partial charge in [-0.1, -0.05) is 72.6 Å². The zero-order valence-corrected chi connectivity index (χ0v) is 34.0. The first-order chi connectivity index (χ1) is 24.5. The zero-order valence-electron chi connectivity index (χ0n) is 34.0. The average molecular weight is 733 g/mol. The highest BCUT2D eigenvalue weighted by atomic mass is 16.7. The van der Waals surface area contributed by atoms with Crippen LogP contribution in [-0.4, -0.2) is 80.4 Å². The van der Waals surface area contributed by atoms with E-state index in [4.69, 9.17) is 19.5 Å². The Morgan fingerprint density at radius 1 is 0.885 bits per heavy atom. The Kier molecular flexibility index (Phi) is 17.1. The van der Waals surface area contributed by atoms with Crippen molar-refractivity contribution in [1.82, 2.24) is 26.6 Å². The first-order valence-electron chi connectivity index (χ1n) is 20.4. The van der Waals surface area contributed by atoms with Crippen LogP contribution in [0.1, 0.15) is 152 Å². The highest BCUT2D eigenvalue weighted by Gasteiger charge is 2.68. The van der Waals surface area contributed by atoms with E-state index in [1.807, 2.05) is 20.8 Å². The minimum absolute atomic E-state index is 0.0321. The molecule has 6 atom stereocenters. The normalized spacial score (nSPS) is 24.3. The SMILES string of the molecule is CNC(=N)NCCC[C@H](NC(=O)CCCCCCCCCCCNC(=O)OC(C)(C)C)C(=O)N[C@@H](CC(C)C)B1O[C@@H]2C[C@@H]3C[C@@H](C3(C)C)[C@]2(C)O1. The van der Waals surface area contributed by atoms with Crippen molar-refractivity contribution in [1.29, 1.82) is 5.41 Å². The lowest BCUT2D eigenvalue weighted by Crippen LogP contribution is -2.65. The molecule has 3 amide bonds. The summed E-state index contributed by atoms with van der Waals surface area (Å²) < 4.78 is 18.6. The molecule has 3 saturated carbocycles. The lowest BCUT2D eigenvalue weighted by molar-refractivity contribution is -0.199. The summed E-state index contributed by atoms with van der Waals surface area (Å²) in [4.78, 5) is 38.7. The lowest BCUT2D eigenvalue weighted by Gasteiger charge is -2.64. The molecule has 12 nitrogen and oxygen atoms in total. The molecule has 4 rings (SSSR count). The number of ether oxygens (including phenoxy) is 1. The number of alkyl carbamates (subject to hydrolysis) is 1. The monoisotopic (exact) mass is 733 g/mol. The largest absolute Gasteiger partial charge is 0.481 e. The summed E-state index contributed by atoms with van der Waals surface area (Å²) in [5, 5.41) is 22.7. The Morgan fingerprint density at radius 2 is 1.50 bits per heavy atom. The maximum atomic E-state index is 13.9. The molecule has 0 aromatic heterocycles. The molecule has 1 saturated heterocycles. The van der Waals surface area contributed by atoms with Gasteiger partial charge in [-0.25, -0.2) is 4.79 Å². The zero-order chi connectivity index (χ0) is 38.5. The van der Waals surface area contributed by atoms with Crippen LogP contribution >= 0.6 is 0 Å². The molecule has 52 heavy (non-hydrogen) atoms. The Hall–Kier alpha value is -2.54. The first-order valence-corrected chi connectivity index (χ1v) is 20.4. The molecule has 13 heteroatoms. The van der Waals surface area contributed by atoms with E-state index in [9.17, 15) is 14.4 Å². The summed E-state index contributed by atoms with van der Waals surface area (Å²) in [6.45, 7) is 17.9.